The number of halogens is 1. The highest BCUT2D eigenvalue weighted by Gasteiger charge is 2.22. The maximum Gasteiger partial charge on any atom is 0.191 e. The van der Waals surface area contributed by atoms with Crippen LogP contribution in [0.5, 0.6) is 0 Å². The van der Waals surface area contributed by atoms with Crippen LogP contribution in [0.4, 0.5) is 5.69 Å². The molecule has 6 heteroatoms. The molecule has 144 valence electrons. The van der Waals surface area contributed by atoms with Gasteiger partial charge in [0.05, 0.1) is 10.7 Å². The van der Waals surface area contributed by atoms with Crippen LogP contribution in [0.1, 0.15) is 24.0 Å². The lowest BCUT2D eigenvalue weighted by molar-refractivity contribution is 0.468. The van der Waals surface area contributed by atoms with E-state index in [1.54, 1.807) is 0 Å². The Kier molecular flexibility index (Phi) is 6.93. The van der Waals surface area contributed by atoms with Crippen LogP contribution in [0.25, 0.3) is 0 Å². The summed E-state index contributed by atoms with van der Waals surface area (Å²) in [5.74, 6) is 0.854. The van der Waals surface area contributed by atoms with Crippen LogP contribution in [0.3, 0.4) is 0 Å². The fraction of sp³-hybridized carbons (Fsp3) is 0.429. The van der Waals surface area contributed by atoms with E-state index >= 15 is 0 Å². The average Bonchev–Trinajstić information content (AvgIpc) is 2.69. The van der Waals surface area contributed by atoms with Crippen molar-refractivity contribution in [3.05, 3.63) is 58.9 Å². The van der Waals surface area contributed by atoms with Gasteiger partial charge in [-0.3, -0.25) is 9.98 Å². The van der Waals surface area contributed by atoms with Crippen LogP contribution in [-0.2, 0) is 6.42 Å². The van der Waals surface area contributed by atoms with Gasteiger partial charge in [0.2, 0.25) is 0 Å². The minimum atomic E-state index is 0.351. The number of nitrogens with zero attached hydrogens (tertiary/aromatic N) is 3. The Hall–Kier alpha value is -2.27. The predicted molar refractivity (Wildman–Crippen MR) is 114 cm³/mol. The normalized spacial score (nSPS) is 17.7. The van der Waals surface area contributed by atoms with Gasteiger partial charge in [0.15, 0.2) is 5.96 Å². The number of anilines is 1. The lowest BCUT2D eigenvalue weighted by Crippen LogP contribution is -2.51. The maximum absolute atomic E-state index is 6.38. The second kappa shape index (κ2) is 9.60. The first-order chi connectivity index (χ1) is 13.2. The van der Waals surface area contributed by atoms with Crippen molar-refractivity contribution in [3.8, 4) is 0 Å². The van der Waals surface area contributed by atoms with Crippen molar-refractivity contribution >= 4 is 23.2 Å². The van der Waals surface area contributed by atoms with Crippen LogP contribution >= 0.6 is 11.6 Å². The molecule has 27 heavy (non-hydrogen) atoms. The highest BCUT2D eigenvalue weighted by Crippen LogP contribution is 2.27. The SMILES string of the molecule is CN=C(NCCc1ccncc1C)NC1CCCN(c2ccccc2Cl)C1. The molecule has 0 aliphatic carbocycles. The molecule has 0 amide bonds. The Morgan fingerprint density at radius 1 is 1.33 bits per heavy atom. The van der Waals surface area contributed by atoms with E-state index < -0.39 is 0 Å². The van der Waals surface area contributed by atoms with Gasteiger partial charge in [0.25, 0.3) is 0 Å². The number of guanidine groups is 1. The number of rotatable bonds is 5. The van der Waals surface area contributed by atoms with E-state index in [0.717, 1.165) is 55.6 Å². The van der Waals surface area contributed by atoms with Gasteiger partial charge in [-0.2, -0.15) is 0 Å². The Morgan fingerprint density at radius 2 is 2.19 bits per heavy atom. The van der Waals surface area contributed by atoms with E-state index in [0.29, 0.717) is 6.04 Å². The summed E-state index contributed by atoms with van der Waals surface area (Å²) in [7, 11) is 1.82. The van der Waals surface area contributed by atoms with Gasteiger partial charge in [-0.15, -0.1) is 0 Å². The summed E-state index contributed by atoms with van der Waals surface area (Å²) in [5, 5.41) is 7.81. The topological polar surface area (TPSA) is 52.6 Å². The van der Waals surface area contributed by atoms with Crippen molar-refractivity contribution < 1.29 is 0 Å². The summed E-state index contributed by atoms with van der Waals surface area (Å²) >= 11 is 6.38. The quantitative estimate of drug-likeness (QED) is 0.611. The van der Waals surface area contributed by atoms with E-state index in [2.05, 4.69) is 44.6 Å². The van der Waals surface area contributed by atoms with Gasteiger partial charge < -0.3 is 15.5 Å². The second-order valence-electron chi connectivity index (χ2n) is 6.93. The third-order valence-electron chi connectivity index (χ3n) is 5.00. The number of nitrogens with one attached hydrogen (secondary N) is 2. The maximum atomic E-state index is 6.38. The molecule has 1 aliphatic heterocycles. The Bertz CT molecular complexity index is 777. The molecule has 3 rings (SSSR count). The average molecular weight is 386 g/mol. The summed E-state index contributed by atoms with van der Waals surface area (Å²) in [6, 6.07) is 10.5. The van der Waals surface area contributed by atoms with Crippen molar-refractivity contribution in [1.29, 1.82) is 0 Å². The number of benzene rings is 1. The van der Waals surface area contributed by atoms with Crippen molar-refractivity contribution in [3.63, 3.8) is 0 Å². The molecule has 0 saturated carbocycles. The van der Waals surface area contributed by atoms with Gasteiger partial charge in [-0.1, -0.05) is 23.7 Å². The molecule has 0 radical (unpaired) electrons. The second-order valence-corrected chi connectivity index (χ2v) is 7.34. The van der Waals surface area contributed by atoms with Gasteiger partial charge >= 0.3 is 0 Å². The third-order valence-corrected chi connectivity index (χ3v) is 5.32. The van der Waals surface area contributed by atoms with Crippen LogP contribution in [-0.4, -0.2) is 43.7 Å². The molecular weight excluding hydrogens is 358 g/mol. The zero-order valence-corrected chi connectivity index (χ0v) is 16.8. The van der Waals surface area contributed by atoms with Crippen molar-refractivity contribution in [1.82, 2.24) is 15.6 Å². The molecule has 1 aliphatic rings. The lowest BCUT2D eigenvalue weighted by Gasteiger charge is -2.35. The number of aliphatic imine (C=N–C) groups is 1. The molecule has 0 bridgehead atoms. The van der Waals surface area contributed by atoms with Gasteiger partial charge in [-0.25, -0.2) is 0 Å². The summed E-state index contributed by atoms with van der Waals surface area (Å²) in [6.45, 7) is 4.90. The number of para-hydroxylation sites is 1. The standard InChI is InChI=1S/C21H28ClN5/c1-16-14-24-11-9-17(16)10-12-25-21(23-2)26-18-6-5-13-27(15-18)20-8-4-3-7-19(20)22/h3-4,7-9,11,14,18H,5-6,10,12-13,15H2,1-2H3,(H2,23,25,26). The zero-order chi connectivity index (χ0) is 19.1. The summed E-state index contributed by atoms with van der Waals surface area (Å²) in [4.78, 5) is 10.9. The molecule has 1 aromatic carbocycles. The van der Waals surface area contributed by atoms with Crippen LogP contribution in [0.2, 0.25) is 5.02 Å². The van der Waals surface area contributed by atoms with E-state index in [1.807, 2.05) is 37.6 Å². The van der Waals surface area contributed by atoms with Crippen molar-refractivity contribution in [2.75, 3.05) is 31.6 Å². The number of hydrogen-bond donors (Lipinski definition) is 2. The summed E-state index contributed by atoms with van der Waals surface area (Å²) < 4.78 is 0. The van der Waals surface area contributed by atoms with E-state index in [9.17, 15) is 0 Å². The largest absolute Gasteiger partial charge is 0.368 e. The Balaban J connectivity index is 1.52. The highest BCUT2D eigenvalue weighted by atomic mass is 35.5. The third kappa shape index (κ3) is 5.36. The number of aromatic nitrogens is 1. The van der Waals surface area contributed by atoms with Crippen molar-refractivity contribution in [2.24, 2.45) is 4.99 Å². The smallest absolute Gasteiger partial charge is 0.191 e. The van der Waals surface area contributed by atoms with Crippen LogP contribution in [0.15, 0.2) is 47.7 Å². The predicted octanol–water partition coefficient (Wildman–Crippen LogP) is 3.42. The molecule has 0 spiro atoms. The Morgan fingerprint density at radius 3 is 2.96 bits per heavy atom. The summed E-state index contributed by atoms with van der Waals surface area (Å²) in [6.07, 6.45) is 6.97. The fourth-order valence-corrected chi connectivity index (χ4v) is 3.76. The first-order valence-electron chi connectivity index (χ1n) is 9.53. The minimum absolute atomic E-state index is 0.351. The van der Waals surface area contributed by atoms with Gasteiger partial charge in [-0.05, 0) is 55.5 Å². The van der Waals surface area contributed by atoms with Gasteiger partial charge in [0.1, 0.15) is 0 Å². The first kappa shape index (κ1) is 19.5. The fourth-order valence-electron chi connectivity index (χ4n) is 3.51. The van der Waals surface area contributed by atoms with E-state index in [1.165, 1.54) is 11.1 Å². The van der Waals surface area contributed by atoms with E-state index in [4.69, 9.17) is 11.6 Å². The number of piperidine rings is 1. The highest BCUT2D eigenvalue weighted by molar-refractivity contribution is 6.33. The number of aryl methyl sites for hydroxylation is 1. The van der Waals surface area contributed by atoms with Crippen molar-refractivity contribution in [2.45, 2.75) is 32.2 Å². The molecule has 2 heterocycles. The molecule has 1 saturated heterocycles. The monoisotopic (exact) mass is 385 g/mol. The lowest BCUT2D eigenvalue weighted by atomic mass is 10.0. The molecule has 1 fully saturated rings. The molecular formula is C21H28ClN5. The molecule has 2 aromatic rings. The molecule has 1 atom stereocenters. The molecule has 2 N–H and O–H groups in total. The minimum Gasteiger partial charge on any atom is -0.368 e. The van der Waals surface area contributed by atoms with Crippen LogP contribution < -0.4 is 15.5 Å². The first-order valence-corrected chi connectivity index (χ1v) is 9.91. The van der Waals surface area contributed by atoms with E-state index in [-0.39, 0.29) is 0 Å². The molecule has 1 aromatic heterocycles. The Labute approximate surface area is 166 Å². The number of pyridine rings is 1. The van der Waals surface area contributed by atoms with Crippen LogP contribution in [0, 0.1) is 6.92 Å². The van der Waals surface area contributed by atoms with Gasteiger partial charge in [0, 0.05) is 45.1 Å². The number of hydrogen-bond acceptors (Lipinski definition) is 3. The molecule has 1 unspecified atom stereocenters. The zero-order valence-electron chi connectivity index (χ0n) is 16.1. The molecule has 5 nitrogen and oxygen atoms in total. The summed E-state index contributed by atoms with van der Waals surface area (Å²) in [5.41, 5.74) is 3.65.